The van der Waals surface area contributed by atoms with E-state index in [0.29, 0.717) is 0 Å². The molecule has 0 aliphatic carbocycles. The molecule has 0 saturated heterocycles. The van der Waals surface area contributed by atoms with E-state index in [1.54, 1.807) is 6.92 Å². The molecule has 0 spiro atoms. The predicted octanol–water partition coefficient (Wildman–Crippen LogP) is 2.51. The largest absolute Gasteiger partial charge is 0.461 e. The molecule has 1 N–H and O–H groups in total. The molecule has 0 aliphatic heterocycles. The molecule has 7 heteroatoms. The lowest BCUT2D eigenvalue weighted by molar-refractivity contribution is -0.139. The summed E-state index contributed by atoms with van der Waals surface area (Å²) in [6.45, 7) is 5.01. The van der Waals surface area contributed by atoms with Crippen molar-refractivity contribution in [3.63, 3.8) is 0 Å². The maximum absolute atomic E-state index is 12.3. The van der Waals surface area contributed by atoms with Gasteiger partial charge in [0, 0.05) is 5.56 Å². The molecule has 108 valence electrons. The van der Waals surface area contributed by atoms with Crippen LogP contribution < -0.4 is 5.32 Å². The first kappa shape index (κ1) is 15.7. The summed E-state index contributed by atoms with van der Waals surface area (Å²) in [6, 6.07) is 3.58. The molecular formula is C13H12F3NO3. The van der Waals surface area contributed by atoms with E-state index in [0.717, 1.165) is 24.3 Å². The van der Waals surface area contributed by atoms with Crippen molar-refractivity contribution in [1.82, 2.24) is 5.32 Å². The molecule has 0 radical (unpaired) electrons. The first-order valence-electron chi connectivity index (χ1n) is 5.60. The van der Waals surface area contributed by atoms with E-state index >= 15 is 0 Å². The van der Waals surface area contributed by atoms with Gasteiger partial charge in [0.1, 0.15) is 5.70 Å². The molecule has 0 aliphatic rings. The van der Waals surface area contributed by atoms with Crippen LogP contribution in [0.3, 0.4) is 0 Å². The fraction of sp³-hybridized carbons (Fsp3) is 0.231. The highest BCUT2D eigenvalue weighted by atomic mass is 19.4. The number of ether oxygens (including phenoxy) is 1. The van der Waals surface area contributed by atoms with Crippen molar-refractivity contribution < 1.29 is 27.5 Å². The van der Waals surface area contributed by atoms with Gasteiger partial charge in [0.25, 0.3) is 5.91 Å². The molecule has 0 aromatic heterocycles. The topological polar surface area (TPSA) is 55.4 Å². The zero-order valence-corrected chi connectivity index (χ0v) is 10.6. The quantitative estimate of drug-likeness (QED) is 0.684. The molecule has 0 unspecified atom stereocenters. The van der Waals surface area contributed by atoms with Gasteiger partial charge < -0.3 is 10.1 Å². The number of rotatable bonds is 4. The maximum atomic E-state index is 12.3. The lowest BCUT2D eigenvalue weighted by Gasteiger charge is -2.09. The molecule has 0 atom stereocenters. The van der Waals surface area contributed by atoms with Crippen LogP contribution >= 0.6 is 0 Å². The SMILES string of the molecule is C=C(NC(=O)c1ccc(C(F)(F)F)cc1)C(=O)OCC. The van der Waals surface area contributed by atoms with Crippen molar-refractivity contribution in [3.05, 3.63) is 47.7 Å². The maximum Gasteiger partial charge on any atom is 0.416 e. The van der Waals surface area contributed by atoms with Gasteiger partial charge in [-0.05, 0) is 31.2 Å². The monoisotopic (exact) mass is 287 g/mol. The van der Waals surface area contributed by atoms with Gasteiger partial charge in [-0.2, -0.15) is 13.2 Å². The molecule has 0 heterocycles. The number of halogens is 3. The number of nitrogens with one attached hydrogen (secondary N) is 1. The highest BCUT2D eigenvalue weighted by Crippen LogP contribution is 2.29. The standard InChI is InChI=1S/C13H12F3NO3/c1-3-20-12(19)8(2)17-11(18)9-4-6-10(7-5-9)13(14,15)16/h4-7H,2-3H2,1H3,(H,17,18). The minimum atomic E-state index is -4.47. The van der Waals surface area contributed by atoms with Crippen LogP contribution in [0.4, 0.5) is 13.2 Å². The number of hydrogen-bond donors (Lipinski definition) is 1. The summed E-state index contributed by atoms with van der Waals surface area (Å²) in [5.41, 5.74) is -1.17. The smallest absolute Gasteiger partial charge is 0.416 e. The van der Waals surface area contributed by atoms with Crippen molar-refractivity contribution in [2.24, 2.45) is 0 Å². The number of alkyl halides is 3. The predicted molar refractivity (Wildman–Crippen MR) is 64.7 cm³/mol. The van der Waals surface area contributed by atoms with Gasteiger partial charge in [-0.25, -0.2) is 4.79 Å². The third kappa shape index (κ3) is 4.11. The number of carbonyl (C=O) groups is 2. The summed E-state index contributed by atoms with van der Waals surface area (Å²) in [5.74, 6) is -1.54. The number of amides is 1. The van der Waals surface area contributed by atoms with E-state index in [2.05, 4.69) is 16.6 Å². The minimum absolute atomic E-state index is 0.0246. The first-order chi connectivity index (χ1) is 9.25. The second-order valence-electron chi connectivity index (χ2n) is 3.73. The van der Waals surface area contributed by atoms with Crippen LogP contribution in [0.25, 0.3) is 0 Å². The van der Waals surface area contributed by atoms with Crippen LogP contribution in [0.5, 0.6) is 0 Å². The van der Waals surface area contributed by atoms with E-state index in [1.807, 2.05) is 0 Å². The van der Waals surface area contributed by atoms with Crippen molar-refractivity contribution in [3.8, 4) is 0 Å². The Morgan fingerprint density at radius 1 is 1.25 bits per heavy atom. The molecule has 0 bridgehead atoms. The zero-order valence-electron chi connectivity index (χ0n) is 10.6. The number of hydrogen-bond acceptors (Lipinski definition) is 3. The Kier molecular flexibility index (Phi) is 4.90. The number of carbonyl (C=O) groups excluding carboxylic acids is 2. The Labute approximate surface area is 113 Å². The molecule has 20 heavy (non-hydrogen) atoms. The highest BCUT2D eigenvalue weighted by molar-refractivity contribution is 6.00. The average Bonchev–Trinajstić information content (AvgIpc) is 2.38. The van der Waals surface area contributed by atoms with Gasteiger partial charge in [-0.1, -0.05) is 6.58 Å². The van der Waals surface area contributed by atoms with Crippen LogP contribution in [0, 0.1) is 0 Å². The Morgan fingerprint density at radius 2 is 1.80 bits per heavy atom. The van der Waals surface area contributed by atoms with Gasteiger partial charge in [0.05, 0.1) is 12.2 Å². The van der Waals surface area contributed by atoms with Gasteiger partial charge in [-0.3, -0.25) is 4.79 Å². The molecule has 0 saturated carbocycles. The molecule has 0 fully saturated rings. The number of esters is 1. The van der Waals surface area contributed by atoms with E-state index < -0.39 is 23.6 Å². The van der Waals surface area contributed by atoms with E-state index in [1.165, 1.54) is 0 Å². The van der Waals surface area contributed by atoms with Crippen molar-refractivity contribution in [2.75, 3.05) is 6.61 Å². The van der Waals surface area contributed by atoms with Crippen LogP contribution in [-0.4, -0.2) is 18.5 Å². The van der Waals surface area contributed by atoms with Crippen molar-refractivity contribution in [1.29, 1.82) is 0 Å². The van der Waals surface area contributed by atoms with Gasteiger partial charge in [0.15, 0.2) is 0 Å². The Balaban J connectivity index is 2.74. The third-order valence-corrected chi connectivity index (χ3v) is 2.26. The second kappa shape index (κ2) is 6.23. The summed E-state index contributed by atoms with van der Waals surface area (Å²) in [4.78, 5) is 22.9. The molecule has 1 rings (SSSR count). The third-order valence-electron chi connectivity index (χ3n) is 2.26. The Morgan fingerprint density at radius 3 is 2.25 bits per heavy atom. The molecule has 1 aromatic carbocycles. The highest BCUT2D eigenvalue weighted by Gasteiger charge is 2.30. The molecule has 1 aromatic rings. The van der Waals surface area contributed by atoms with Gasteiger partial charge in [0.2, 0.25) is 0 Å². The fourth-order valence-electron chi connectivity index (χ4n) is 1.29. The number of benzene rings is 1. The summed E-state index contributed by atoms with van der Waals surface area (Å²) in [6.07, 6.45) is -4.47. The van der Waals surface area contributed by atoms with Gasteiger partial charge in [-0.15, -0.1) is 0 Å². The van der Waals surface area contributed by atoms with Crippen LogP contribution in [0.15, 0.2) is 36.5 Å². The van der Waals surface area contributed by atoms with Crippen molar-refractivity contribution >= 4 is 11.9 Å². The van der Waals surface area contributed by atoms with Crippen LogP contribution in [0.1, 0.15) is 22.8 Å². The van der Waals surface area contributed by atoms with Gasteiger partial charge >= 0.3 is 12.1 Å². The van der Waals surface area contributed by atoms with E-state index in [-0.39, 0.29) is 17.9 Å². The summed E-state index contributed by atoms with van der Waals surface area (Å²) in [5, 5.41) is 2.15. The molecule has 4 nitrogen and oxygen atoms in total. The molecular weight excluding hydrogens is 275 g/mol. The van der Waals surface area contributed by atoms with Crippen molar-refractivity contribution in [2.45, 2.75) is 13.1 Å². The lowest BCUT2D eigenvalue weighted by Crippen LogP contribution is -2.27. The van der Waals surface area contributed by atoms with Crippen LogP contribution in [0.2, 0.25) is 0 Å². The lowest BCUT2D eigenvalue weighted by atomic mass is 10.1. The Bertz CT molecular complexity index is 521. The van der Waals surface area contributed by atoms with E-state index in [9.17, 15) is 22.8 Å². The average molecular weight is 287 g/mol. The minimum Gasteiger partial charge on any atom is -0.461 e. The fourth-order valence-corrected chi connectivity index (χ4v) is 1.29. The van der Waals surface area contributed by atoms with E-state index in [4.69, 9.17) is 0 Å². The second-order valence-corrected chi connectivity index (χ2v) is 3.73. The molecule has 1 amide bonds. The summed E-state index contributed by atoms with van der Waals surface area (Å²) < 4.78 is 41.6. The summed E-state index contributed by atoms with van der Waals surface area (Å²) in [7, 11) is 0. The Hall–Kier alpha value is -2.31. The van der Waals surface area contributed by atoms with Crippen LogP contribution in [-0.2, 0) is 15.7 Å². The zero-order chi connectivity index (χ0) is 15.3. The first-order valence-corrected chi connectivity index (χ1v) is 5.60. The normalized spacial score (nSPS) is 10.8. The summed E-state index contributed by atoms with van der Waals surface area (Å²) >= 11 is 0.